The normalized spacial score (nSPS) is 22.4. The molecule has 2 unspecified atom stereocenters. The van der Waals surface area contributed by atoms with E-state index in [9.17, 15) is 0 Å². The summed E-state index contributed by atoms with van der Waals surface area (Å²) in [5, 5.41) is 3.63. The minimum Gasteiger partial charge on any atom is -0.315 e. The van der Waals surface area contributed by atoms with Crippen LogP contribution in [0.2, 0.25) is 0 Å². The first kappa shape index (κ1) is 15.5. The maximum absolute atomic E-state index is 3.63. The highest BCUT2D eigenvalue weighted by molar-refractivity contribution is 5.19. The Hall–Kier alpha value is -0.860. The van der Waals surface area contributed by atoms with Gasteiger partial charge >= 0.3 is 0 Å². The zero-order chi connectivity index (χ0) is 14.2. The van der Waals surface area contributed by atoms with Gasteiger partial charge in [-0.1, -0.05) is 50.1 Å². The Labute approximate surface area is 124 Å². The summed E-state index contributed by atoms with van der Waals surface area (Å²) < 4.78 is 0. The van der Waals surface area contributed by atoms with E-state index in [1.807, 2.05) is 0 Å². The molecule has 0 aliphatic carbocycles. The van der Waals surface area contributed by atoms with Crippen LogP contribution in [0.1, 0.15) is 57.6 Å². The third-order valence-electron chi connectivity index (χ3n) is 4.45. The van der Waals surface area contributed by atoms with Gasteiger partial charge in [-0.2, -0.15) is 0 Å². The van der Waals surface area contributed by atoms with Crippen LogP contribution in [0, 0.1) is 0 Å². The van der Waals surface area contributed by atoms with Gasteiger partial charge in [0.2, 0.25) is 0 Å². The lowest BCUT2D eigenvalue weighted by Crippen LogP contribution is -2.41. The molecule has 1 aliphatic rings. The minimum absolute atomic E-state index is 0.524. The Morgan fingerprint density at radius 3 is 2.75 bits per heavy atom. The van der Waals surface area contributed by atoms with Crippen LogP contribution in [0.4, 0.5) is 0 Å². The van der Waals surface area contributed by atoms with Gasteiger partial charge in [-0.3, -0.25) is 4.90 Å². The third kappa shape index (κ3) is 4.32. The van der Waals surface area contributed by atoms with Gasteiger partial charge in [0.15, 0.2) is 0 Å². The van der Waals surface area contributed by atoms with Gasteiger partial charge in [0, 0.05) is 18.6 Å². The maximum Gasteiger partial charge on any atom is 0.0475 e. The van der Waals surface area contributed by atoms with Crippen molar-refractivity contribution in [2.75, 3.05) is 19.6 Å². The Balaban J connectivity index is 2.11. The summed E-state index contributed by atoms with van der Waals surface area (Å²) in [5.74, 6) is 0. The zero-order valence-electron chi connectivity index (χ0n) is 13.1. The van der Waals surface area contributed by atoms with E-state index < -0.39 is 0 Å². The van der Waals surface area contributed by atoms with Gasteiger partial charge in [0.05, 0.1) is 0 Å². The van der Waals surface area contributed by atoms with Crippen molar-refractivity contribution in [1.82, 2.24) is 10.2 Å². The molecule has 0 aromatic heterocycles. The summed E-state index contributed by atoms with van der Waals surface area (Å²) in [6, 6.07) is 12.3. The zero-order valence-corrected chi connectivity index (χ0v) is 13.1. The Kier molecular flexibility index (Phi) is 6.55. The molecule has 112 valence electrons. The number of hydrogen-bond donors (Lipinski definition) is 1. The molecule has 2 heteroatoms. The van der Waals surface area contributed by atoms with Crippen LogP contribution in [0.5, 0.6) is 0 Å². The van der Waals surface area contributed by atoms with Crippen molar-refractivity contribution in [2.24, 2.45) is 0 Å². The fourth-order valence-electron chi connectivity index (χ4n) is 3.28. The lowest BCUT2D eigenvalue weighted by atomic mass is 10.0. The van der Waals surface area contributed by atoms with E-state index >= 15 is 0 Å². The van der Waals surface area contributed by atoms with E-state index in [1.54, 1.807) is 0 Å². The molecule has 2 rings (SSSR count). The van der Waals surface area contributed by atoms with E-state index in [1.165, 1.54) is 44.2 Å². The highest BCUT2D eigenvalue weighted by Gasteiger charge is 2.25. The largest absolute Gasteiger partial charge is 0.315 e. The molecule has 1 heterocycles. The van der Waals surface area contributed by atoms with Crippen molar-refractivity contribution in [3.05, 3.63) is 35.9 Å². The fraction of sp³-hybridized carbons (Fsp3) is 0.667. The first-order valence-corrected chi connectivity index (χ1v) is 8.34. The molecule has 0 bridgehead atoms. The SMILES string of the molecule is CCCNCC(c1ccccc1)N1CCCCCC1C. The molecule has 2 nitrogen and oxygen atoms in total. The van der Waals surface area contributed by atoms with Crippen LogP contribution in [-0.4, -0.2) is 30.6 Å². The summed E-state index contributed by atoms with van der Waals surface area (Å²) in [6.45, 7) is 8.07. The smallest absolute Gasteiger partial charge is 0.0475 e. The molecule has 20 heavy (non-hydrogen) atoms. The highest BCUT2D eigenvalue weighted by Crippen LogP contribution is 2.27. The van der Waals surface area contributed by atoms with Gasteiger partial charge in [0.1, 0.15) is 0 Å². The van der Waals surface area contributed by atoms with Crippen LogP contribution in [0.3, 0.4) is 0 Å². The maximum atomic E-state index is 3.63. The molecule has 1 aliphatic heterocycles. The summed E-state index contributed by atoms with van der Waals surface area (Å²) >= 11 is 0. The van der Waals surface area contributed by atoms with Crippen molar-refractivity contribution in [3.8, 4) is 0 Å². The number of nitrogens with one attached hydrogen (secondary N) is 1. The molecule has 1 saturated heterocycles. The van der Waals surface area contributed by atoms with Crippen molar-refractivity contribution < 1.29 is 0 Å². The summed E-state index contributed by atoms with van der Waals surface area (Å²) in [4.78, 5) is 2.73. The second kappa shape index (κ2) is 8.43. The first-order valence-electron chi connectivity index (χ1n) is 8.34. The van der Waals surface area contributed by atoms with Crippen LogP contribution >= 0.6 is 0 Å². The van der Waals surface area contributed by atoms with Crippen molar-refractivity contribution in [3.63, 3.8) is 0 Å². The third-order valence-corrected chi connectivity index (χ3v) is 4.45. The predicted molar refractivity (Wildman–Crippen MR) is 87.0 cm³/mol. The van der Waals surface area contributed by atoms with E-state index in [0.29, 0.717) is 12.1 Å². The van der Waals surface area contributed by atoms with E-state index in [-0.39, 0.29) is 0 Å². The molecule has 0 spiro atoms. The van der Waals surface area contributed by atoms with Gasteiger partial charge in [-0.15, -0.1) is 0 Å². The topological polar surface area (TPSA) is 15.3 Å². The van der Waals surface area contributed by atoms with Crippen LogP contribution in [-0.2, 0) is 0 Å². The van der Waals surface area contributed by atoms with E-state index in [2.05, 4.69) is 54.4 Å². The second-order valence-corrected chi connectivity index (χ2v) is 6.07. The van der Waals surface area contributed by atoms with E-state index in [4.69, 9.17) is 0 Å². The molecule has 2 atom stereocenters. The molecule has 1 aromatic rings. The number of benzene rings is 1. The Morgan fingerprint density at radius 2 is 2.00 bits per heavy atom. The number of nitrogens with zero attached hydrogens (tertiary/aromatic N) is 1. The van der Waals surface area contributed by atoms with Gasteiger partial charge in [-0.05, 0) is 44.8 Å². The molecule has 1 fully saturated rings. The average Bonchev–Trinajstić information content (AvgIpc) is 2.70. The van der Waals surface area contributed by atoms with Crippen molar-refractivity contribution in [1.29, 1.82) is 0 Å². The van der Waals surface area contributed by atoms with Crippen LogP contribution in [0.25, 0.3) is 0 Å². The van der Waals surface area contributed by atoms with Crippen LogP contribution < -0.4 is 5.32 Å². The van der Waals surface area contributed by atoms with Gasteiger partial charge in [0.25, 0.3) is 0 Å². The number of rotatable bonds is 6. The molecule has 1 aromatic carbocycles. The molecule has 0 radical (unpaired) electrons. The monoisotopic (exact) mass is 274 g/mol. The van der Waals surface area contributed by atoms with Crippen LogP contribution in [0.15, 0.2) is 30.3 Å². The first-order chi connectivity index (χ1) is 9.83. The molecular weight excluding hydrogens is 244 g/mol. The Bertz CT molecular complexity index is 363. The quantitative estimate of drug-likeness (QED) is 0.789. The van der Waals surface area contributed by atoms with Crippen molar-refractivity contribution >= 4 is 0 Å². The standard InChI is InChI=1S/C18H30N2/c1-3-13-19-15-18(17-11-7-4-8-12-17)20-14-9-5-6-10-16(20)2/h4,7-8,11-12,16,18-19H,3,5-6,9-10,13-15H2,1-2H3. The molecule has 1 N–H and O–H groups in total. The summed E-state index contributed by atoms with van der Waals surface area (Å²) in [5.41, 5.74) is 1.46. The molecule has 0 saturated carbocycles. The lowest BCUT2D eigenvalue weighted by molar-refractivity contribution is 0.144. The van der Waals surface area contributed by atoms with Gasteiger partial charge < -0.3 is 5.32 Å². The minimum atomic E-state index is 0.524. The van der Waals surface area contributed by atoms with E-state index in [0.717, 1.165) is 13.1 Å². The average molecular weight is 274 g/mol. The molecular formula is C18H30N2. The van der Waals surface area contributed by atoms with Gasteiger partial charge in [-0.25, -0.2) is 0 Å². The highest BCUT2D eigenvalue weighted by atomic mass is 15.2. The summed E-state index contributed by atoms with van der Waals surface area (Å²) in [6.07, 6.45) is 6.68. The van der Waals surface area contributed by atoms with Crippen molar-refractivity contribution in [2.45, 2.75) is 58.0 Å². The fourth-order valence-corrected chi connectivity index (χ4v) is 3.28. The number of likely N-dealkylation sites (tertiary alicyclic amines) is 1. The second-order valence-electron chi connectivity index (χ2n) is 6.07. The Morgan fingerprint density at radius 1 is 1.20 bits per heavy atom. The summed E-state index contributed by atoms with van der Waals surface area (Å²) in [7, 11) is 0. The lowest BCUT2D eigenvalue weighted by Gasteiger charge is -2.36. The number of hydrogen-bond acceptors (Lipinski definition) is 2. The molecule has 0 amide bonds. The predicted octanol–water partition coefficient (Wildman–Crippen LogP) is 3.99.